The van der Waals surface area contributed by atoms with Gasteiger partial charge in [-0.3, -0.25) is 9.59 Å². The quantitative estimate of drug-likeness (QED) is 0.379. The lowest BCUT2D eigenvalue weighted by Crippen LogP contribution is -2.43. The standard InChI is InChI=1S/C29H41N3O5/c1-21(2)32(29(34)23-11-12-26(36-4)27(16-23)37-14-8-13-35-3)20-25-18-30-17-24(25)19-31-28(33)15-22-9-6-5-7-10-22/h5-7,9-12,16,21,24-25,30H,8,13-15,17-20H2,1-4H3,(H,31,33)/t24-,25-/m0/s1. The van der Waals surface area contributed by atoms with Crippen LogP contribution >= 0.6 is 0 Å². The van der Waals surface area contributed by atoms with Gasteiger partial charge in [-0.2, -0.15) is 0 Å². The Kier molecular flexibility index (Phi) is 11.2. The van der Waals surface area contributed by atoms with Crippen molar-refractivity contribution < 1.29 is 23.8 Å². The molecule has 0 aliphatic carbocycles. The van der Waals surface area contributed by atoms with Crippen LogP contribution in [0.5, 0.6) is 11.5 Å². The highest BCUT2D eigenvalue weighted by atomic mass is 16.5. The molecule has 2 amide bonds. The van der Waals surface area contributed by atoms with Gasteiger partial charge in [-0.15, -0.1) is 0 Å². The minimum atomic E-state index is -0.0434. The lowest BCUT2D eigenvalue weighted by Gasteiger charge is -2.32. The molecule has 8 heteroatoms. The van der Waals surface area contributed by atoms with E-state index in [9.17, 15) is 9.59 Å². The first-order valence-electron chi connectivity index (χ1n) is 13.0. The van der Waals surface area contributed by atoms with E-state index in [1.54, 1.807) is 32.4 Å². The summed E-state index contributed by atoms with van der Waals surface area (Å²) in [6.07, 6.45) is 1.11. The number of nitrogens with one attached hydrogen (secondary N) is 2. The molecule has 2 aromatic rings. The zero-order valence-electron chi connectivity index (χ0n) is 22.5. The average Bonchev–Trinajstić information content (AvgIpc) is 3.35. The number of rotatable bonds is 14. The number of amides is 2. The van der Waals surface area contributed by atoms with Crippen molar-refractivity contribution in [3.05, 3.63) is 59.7 Å². The third-order valence-corrected chi connectivity index (χ3v) is 6.72. The van der Waals surface area contributed by atoms with E-state index in [0.29, 0.717) is 49.8 Å². The van der Waals surface area contributed by atoms with Crippen LogP contribution in [0.3, 0.4) is 0 Å². The van der Waals surface area contributed by atoms with Crippen LogP contribution in [0.2, 0.25) is 0 Å². The molecule has 1 heterocycles. The predicted molar refractivity (Wildman–Crippen MR) is 144 cm³/mol. The van der Waals surface area contributed by atoms with Gasteiger partial charge in [-0.25, -0.2) is 0 Å². The van der Waals surface area contributed by atoms with Crippen molar-refractivity contribution in [2.45, 2.75) is 32.7 Å². The van der Waals surface area contributed by atoms with Crippen LogP contribution in [0.25, 0.3) is 0 Å². The second kappa shape index (κ2) is 14.6. The van der Waals surface area contributed by atoms with Gasteiger partial charge in [-0.1, -0.05) is 30.3 Å². The molecule has 0 saturated carbocycles. The molecule has 0 bridgehead atoms. The van der Waals surface area contributed by atoms with Crippen LogP contribution in [-0.4, -0.2) is 76.4 Å². The Labute approximate surface area is 220 Å². The van der Waals surface area contributed by atoms with Crippen molar-refractivity contribution in [2.75, 3.05) is 53.6 Å². The van der Waals surface area contributed by atoms with Gasteiger partial charge in [0.1, 0.15) is 0 Å². The smallest absolute Gasteiger partial charge is 0.254 e. The lowest BCUT2D eigenvalue weighted by atomic mass is 9.94. The number of nitrogens with zero attached hydrogens (tertiary/aromatic N) is 1. The first-order valence-corrected chi connectivity index (χ1v) is 13.0. The molecule has 2 N–H and O–H groups in total. The SMILES string of the molecule is COCCCOc1cc(C(=O)N(C[C@@H]2CNC[C@H]2CNC(=O)Cc2ccccc2)C(C)C)ccc1OC. The molecule has 202 valence electrons. The molecular formula is C29H41N3O5. The lowest BCUT2D eigenvalue weighted by molar-refractivity contribution is -0.120. The summed E-state index contributed by atoms with van der Waals surface area (Å²) in [6, 6.07) is 15.1. The number of methoxy groups -OCH3 is 2. The second-order valence-electron chi connectivity index (χ2n) is 9.76. The largest absolute Gasteiger partial charge is 0.493 e. The molecule has 1 aliphatic rings. The minimum absolute atomic E-state index is 0.0184. The van der Waals surface area contributed by atoms with E-state index in [4.69, 9.17) is 14.2 Å². The van der Waals surface area contributed by atoms with E-state index >= 15 is 0 Å². The Morgan fingerprint density at radius 1 is 1.03 bits per heavy atom. The Balaban J connectivity index is 1.62. The third-order valence-electron chi connectivity index (χ3n) is 6.72. The monoisotopic (exact) mass is 511 g/mol. The van der Waals surface area contributed by atoms with Crippen LogP contribution in [0.15, 0.2) is 48.5 Å². The Bertz CT molecular complexity index is 998. The predicted octanol–water partition coefficient (Wildman–Crippen LogP) is 3.16. The van der Waals surface area contributed by atoms with E-state index in [1.165, 1.54) is 0 Å². The summed E-state index contributed by atoms with van der Waals surface area (Å²) in [4.78, 5) is 28.0. The van der Waals surface area contributed by atoms with Crippen molar-refractivity contribution in [3.63, 3.8) is 0 Å². The zero-order chi connectivity index (χ0) is 26.6. The molecular weight excluding hydrogens is 470 g/mol. The van der Waals surface area contributed by atoms with Crippen LogP contribution in [0, 0.1) is 11.8 Å². The van der Waals surface area contributed by atoms with E-state index in [1.807, 2.05) is 49.1 Å². The number of hydrogen-bond donors (Lipinski definition) is 2. The van der Waals surface area contributed by atoms with Crippen LogP contribution < -0.4 is 20.1 Å². The van der Waals surface area contributed by atoms with Gasteiger partial charge < -0.3 is 29.7 Å². The molecule has 8 nitrogen and oxygen atoms in total. The van der Waals surface area contributed by atoms with Gasteiger partial charge in [0, 0.05) is 57.9 Å². The van der Waals surface area contributed by atoms with Gasteiger partial charge >= 0.3 is 0 Å². The topological polar surface area (TPSA) is 89.1 Å². The zero-order valence-corrected chi connectivity index (χ0v) is 22.5. The van der Waals surface area contributed by atoms with E-state index in [0.717, 1.165) is 25.1 Å². The van der Waals surface area contributed by atoms with E-state index in [-0.39, 0.29) is 29.7 Å². The molecule has 2 aromatic carbocycles. The minimum Gasteiger partial charge on any atom is -0.493 e. The maximum absolute atomic E-state index is 13.6. The highest BCUT2D eigenvalue weighted by Crippen LogP contribution is 2.29. The summed E-state index contributed by atoms with van der Waals surface area (Å²) >= 11 is 0. The third kappa shape index (κ3) is 8.47. The number of benzene rings is 2. The number of ether oxygens (including phenoxy) is 3. The Morgan fingerprint density at radius 2 is 1.78 bits per heavy atom. The summed E-state index contributed by atoms with van der Waals surface area (Å²) in [5.41, 5.74) is 1.56. The average molecular weight is 512 g/mol. The summed E-state index contributed by atoms with van der Waals surface area (Å²) in [6.45, 7) is 7.96. The fourth-order valence-corrected chi connectivity index (χ4v) is 4.58. The highest BCUT2D eigenvalue weighted by molar-refractivity contribution is 5.95. The summed E-state index contributed by atoms with van der Waals surface area (Å²) in [5.74, 6) is 1.62. The highest BCUT2D eigenvalue weighted by Gasteiger charge is 2.32. The van der Waals surface area contributed by atoms with Crippen molar-refractivity contribution in [2.24, 2.45) is 11.8 Å². The second-order valence-corrected chi connectivity index (χ2v) is 9.76. The number of hydrogen-bond acceptors (Lipinski definition) is 6. The molecule has 1 aliphatic heterocycles. The molecule has 0 aromatic heterocycles. The van der Waals surface area contributed by atoms with Crippen molar-refractivity contribution in [1.82, 2.24) is 15.5 Å². The number of carbonyl (C=O) groups excluding carboxylic acids is 2. The molecule has 0 radical (unpaired) electrons. The van der Waals surface area contributed by atoms with Gasteiger partial charge in [-0.05, 0) is 49.4 Å². The van der Waals surface area contributed by atoms with Crippen molar-refractivity contribution in [1.29, 1.82) is 0 Å². The Morgan fingerprint density at radius 3 is 2.49 bits per heavy atom. The first-order chi connectivity index (χ1) is 17.9. The van der Waals surface area contributed by atoms with Gasteiger partial charge in [0.25, 0.3) is 5.91 Å². The van der Waals surface area contributed by atoms with Crippen molar-refractivity contribution >= 4 is 11.8 Å². The molecule has 1 fully saturated rings. The number of carbonyl (C=O) groups is 2. The van der Waals surface area contributed by atoms with Crippen LogP contribution in [0.1, 0.15) is 36.2 Å². The molecule has 37 heavy (non-hydrogen) atoms. The summed E-state index contributed by atoms with van der Waals surface area (Å²) in [5, 5.41) is 6.53. The van der Waals surface area contributed by atoms with Gasteiger partial charge in [0.05, 0.1) is 20.1 Å². The fourth-order valence-electron chi connectivity index (χ4n) is 4.58. The summed E-state index contributed by atoms with van der Waals surface area (Å²) < 4.78 is 16.4. The fraction of sp³-hybridized carbons (Fsp3) is 0.517. The van der Waals surface area contributed by atoms with Crippen LogP contribution in [-0.2, 0) is 16.0 Å². The molecule has 0 unspecified atom stereocenters. The first kappa shape index (κ1) is 28.5. The molecule has 0 spiro atoms. The molecule has 2 atom stereocenters. The van der Waals surface area contributed by atoms with Crippen LogP contribution in [0.4, 0.5) is 0 Å². The van der Waals surface area contributed by atoms with Crippen molar-refractivity contribution in [3.8, 4) is 11.5 Å². The maximum Gasteiger partial charge on any atom is 0.254 e. The van der Waals surface area contributed by atoms with E-state index < -0.39 is 0 Å². The van der Waals surface area contributed by atoms with Gasteiger partial charge in [0.2, 0.25) is 5.91 Å². The Hall–Kier alpha value is -3.10. The normalized spacial score (nSPS) is 17.0. The summed E-state index contributed by atoms with van der Waals surface area (Å²) in [7, 11) is 3.24. The maximum atomic E-state index is 13.6. The molecule has 3 rings (SSSR count). The van der Waals surface area contributed by atoms with Gasteiger partial charge in [0.15, 0.2) is 11.5 Å². The molecule has 1 saturated heterocycles. The van der Waals surface area contributed by atoms with E-state index in [2.05, 4.69) is 10.6 Å².